The van der Waals surface area contributed by atoms with Crippen molar-refractivity contribution in [3.63, 3.8) is 0 Å². The van der Waals surface area contributed by atoms with E-state index in [0.717, 1.165) is 23.6 Å². The zero-order valence-electron chi connectivity index (χ0n) is 14.6. The van der Waals surface area contributed by atoms with Gasteiger partial charge in [-0.1, -0.05) is 24.3 Å². The van der Waals surface area contributed by atoms with Crippen LogP contribution in [0.15, 0.2) is 46.6 Å². The topological polar surface area (TPSA) is 117 Å². The summed E-state index contributed by atoms with van der Waals surface area (Å²) < 4.78 is 45.1. The summed E-state index contributed by atoms with van der Waals surface area (Å²) in [6.07, 6.45) is 7.78. The third-order valence-corrected chi connectivity index (χ3v) is 4.39. The molecular formula is C16H22N4O4S2. The second-order valence-electron chi connectivity index (χ2n) is 6.08. The Morgan fingerprint density at radius 2 is 1.04 bits per heavy atom. The minimum atomic E-state index is -3.46. The van der Waals surface area contributed by atoms with Crippen LogP contribution in [-0.2, 0) is 32.9 Å². The molecule has 0 amide bonds. The first-order chi connectivity index (χ1) is 12.1. The number of allylic oxidation sites excluding steroid dienone is 2. The van der Waals surface area contributed by atoms with Gasteiger partial charge in [0.05, 0.1) is 23.9 Å². The minimum absolute atomic E-state index is 0.519. The lowest BCUT2D eigenvalue weighted by Gasteiger charge is -2.09. The summed E-state index contributed by atoms with van der Waals surface area (Å²) in [6.45, 7) is 0. The molecule has 2 aliphatic rings. The van der Waals surface area contributed by atoms with Crippen molar-refractivity contribution in [2.24, 2.45) is 10.2 Å². The van der Waals surface area contributed by atoms with Gasteiger partial charge in [-0.05, 0) is 49.0 Å². The lowest BCUT2D eigenvalue weighted by Crippen LogP contribution is -2.19. The van der Waals surface area contributed by atoms with Crippen molar-refractivity contribution in [2.45, 2.75) is 25.7 Å². The number of sulfonamides is 2. The fraction of sp³-hybridized carbons (Fsp3) is 0.375. The third-order valence-electron chi connectivity index (χ3n) is 3.54. The second-order valence-corrected chi connectivity index (χ2v) is 9.54. The largest absolute Gasteiger partial charge is 0.244 e. The molecular weight excluding hydrogens is 376 g/mol. The molecule has 0 unspecified atom stereocenters. The molecule has 10 heteroatoms. The van der Waals surface area contributed by atoms with Crippen molar-refractivity contribution in [3.05, 3.63) is 47.5 Å². The summed E-state index contributed by atoms with van der Waals surface area (Å²) in [5, 5.41) is 7.88. The van der Waals surface area contributed by atoms with E-state index < -0.39 is 20.0 Å². The van der Waals surface area contributed by atoms with Gasteiger partial charge in [0, 0.05) is 0 Å². The maximum atomic E-state index is 11.3. The summed E-state index contributed by atoms with van der Waals surface area (Å²) in [5.74, 6) is 0. The van der Waals surface area contributed by atoms with E-state index in [9.17, 15) is 16.8 Å². The highest BCUT2D eigenvalue weighted by Crippen LogP contribution is 2.12. The normalized spacial score (nSPS) is 19.2. The molecule has 0 heterocycles. The molecule has 1 aromatic carbocycles. The molecule has 0 atom stereocenters. The highest BCUT2D eigenvalue weighted by atomic mass is 32.2. The van der Waals surface area contributed by atoms with E-state index in [1.165, 1.54) is 0 Å². The number of aryl methyl sites for hydroxylation is 2. The van der Waals surface area contributed by atoms with E-state index >= 15 is 0 Å². The van der Waals surface area contributed by atoms with E-state index in [4.69, 9.17) is 0 Å². The molecule has 26 heavy (non-hydrogen) atoms. The molecule has 0 spiro atoms. The lowest BCUT2D eigenvalue weighted by atomic mass is 10.00. The van der Waals surface area contributed by atoms with Crippen LogP contribution < -0.4 is 9.66 Å². The van der Waals surface area contributed by atoms with Gasteiger partial charge in [0.2, 0.25) is 20.0 Å². The van der Waals surface area contributed by atoms with Gasteiger partial charge in [-0.3, -0.25) is 0 Å². The Kier molecular flexibility index (Phi) is 6.54. The van der Waals surface area contributed by atoms with Crippen LogP contribution in [0.5, 0.6) is 0 Å². The van der Waals surface area contributed by atoms with Crippen molar-refractivity contribution in [1.29, 1.82) is 0 Å². The highest BCUT2D eigenvalue weighted by molar-refractivity contribution is 7.88. The minimum Gasteiger partial charge on any atom is -0.206 e. The molecule has 3 rings (SSSR count). The standard InChI is InChI=1S/C16H22N4O4S2/c1-25(21,22)19-17-15-9-7-13-3-5-14(6-4-13)8-10-16(12-11-15)18-20-26(2,23)24/h3-6,11-12,19-20H,7-10H2,1-2H3. The van der Waals surface area contributed by atoms with Gasteiger partial charge in [-0.2, -0.15) is 10.2 Å². The fourth-order valence-electron chi connectivity index (χ4n) is 2.25. The number of rotatable bonds is 4. The quantitative estimate of drug-likeness (QED) is 0.734. The molecule has 2 N–H and O–H groups in total. The smallest absolute Gasteiger partial charge is 0.206 e. The Bertz CT molecular complexity index is 854. The van der Waals surface area contributed by atoms with Gasteiger partial charge in [-0.25, -0.2) is 26.5 Å². The fourth-order valence-corrected chi connectivity index (χ4v) is 2.81. The molecule has 0 aromatic heterocycles. The molecule has 0 fully saturated rings. The van der Waals surface area contributed by atoms with E-state index in [1.807, 2.05) is 24.3 Å². The van der Waals surface area contributed by atoms with Crippen LogP contribution in [0.3, 0.4) is 0 Å². The number of benzene rings is 1. The van der Waals surface area contributed by atoms with Crippen LogP contribution in [0.4, 0.5) is 0 Å². The molecule has 0 saturated carbocycles. The summed E-state index contributed by atoms with van der Waals surface area (Å²) in [5.41, 5.74) is 3.30. The van der Waals surface area contributed by atoms with Crippen LogP contribution in [-0.4, -0.2) is 40.8 Å². The van der Waals surface area contributed by atoms with Crippen LogP contribution >= 0.6 is 0 Å². The number of hydrogen-bond donors (Lipinski definition) is 2. The van der Waals surface area contributed by atoms with Crippen molar-refractivity contribution in [2.75, 3.05) is 12.5 Å². The van der Waals surface area contributed by atoms with Gasteiger partial charge in [0.1, 0.15) is 0 Å². The zero-order chi connectivity index (χ0) is 19.2. The van der Waals surface area contributed by atoms with Crippen LogP contribution in [0.2, 0.25) is 0 Å². The first kappa shape index (κ1) is 20.1. The van der Waals surface area contributed by atoms with Crippen molar-refractivity contribution < 1.29 is 16.8 Å². The monoisotopic (exact) mass is 398 g/mol. The highest BCUT2D eigenvalue weighted by Gasteiger charge is 2.06. The Hall–Kier alpha value is -2.20. The molecule has 2 bridgehead atoms. The van der Waals surface area contributed by atoms with E-state index in [2.05, 4.69) is 19.9 Å². The van der Waals surface area contributed by atoms with Gasteiger partial charge in [0.15, 0.2) is 0 Å². The van der Waals surface area contributed by atoms with E-state index in [1.54, 1.807) is 12.2 Å². The number of nitrogens with one attached hydrogen (secondary N) is 2. The molecule has 0 aliphatic heterocycles. The van der Waals surface area contributed by atoms with Gasteiger partial charge >= 0.3 is 0 Å². The second kappa shape index (κ2) is 8.45. The summed E-state index contributed by atoms with van der Waals surface area (Å²) >= 11 is 0. The van der Waals surface area contributed by atoms with Crippen LogP contribution in [0.25, 0.3) is 0 Å². The van der Waals surface area contributed by atoms with Crippen LogP contribution in [0.1, 0.15) is 24.0 Å². The average Bonchev–Trinajstić information content (AvgIpc) is 2.53. The Morgan fingerprint density at radius 1 is 0.692 bits per heavy atom. The Morgan fingerprint density at radius 3 is 1.35 bits per heavy atom. The Labute approximate surface area is 154 Å². The maximum absolute atomic E-state index is 11.3. The van der Waals surface area contributed by atoms with Gasteiger partial charge in [-0.15, -0.1) is 0 Å². The van der Waals surface area contributed by atoms with Crippen LogP contribution in [0, 0.1) is 0 Å². The lowest BCUT2D eigenvalue weighted by molar-refractivity contribution is 0.588. The summed E-state index contributed by atoms with van der Waals surface area (Å²) in [6, 6.07) is 8.09. The molecule has 1 aromatic rings. The maximum Gasteiger partial charge on any atom is 0.244 e. The number of nitrogens with zero attached hydrogens (tertiary/aromatic N) is 2. The van der Waals surface area contributed by atoms with Crippen molar-refractivity contribution in [1.82, 2.24) is 9.66 Å². The van der Waals surface area contributed by atoms with Crippen molar-refractivity contribution in [3.8, 4) is 0 Å². The van der Waals surface area contributed by atoms with E-state index in [0.29, 0.717) is 37.1 Å². The van der Waals surface area contributed by atoms with Gasteiger partial charge < -0.3 is 0 Å². The zero-order valence-corrected chi connectivity index (χ0v) is 16.3. The summed E-state index contributed by atoms with van der Waals surface area (Å²) in [7, 11) is -6.92. The molecule has 142 valence electrons. The average molecular weight is 399 g/mol. The molecule has 0 radical (unpaired) electrons. The molecule has 0 saturated heterocycles. The predicted molar refractivity (Wildman–Crippen MR) is 103 cm³/mol. The van der Waals surface area contributed by atoms with E-state index in [-0.39, 0.29) is 0 Å². The van der Waals surface area contributed by atoms with Crippen molar-refractivity contribution >= 4 is 31.5 Å². The number of fused-ring (bicyclic) bond motifs is 8. The number of hydrogen-bond acceptors (Lipinski definition) is 6. The molecule has 8 nitrogen and oxygen atoms in total. The predicted octanol–water partition coefficient (Wildman–Crippen LogP) is 0.932. The summed E-state index contributed by atoms with van der Waals surface area (Å²) in [4.78, 5) is 4.25. The Balaban J connectivity index is 2.33. The van der Waals surface area contributed by atoms with Gasteiger partial charge in [0.25, 0.3) is 0 Å². The first-order valence-corrected chi connectivity index (χ1v) is 11.7. The third kappa shape index (κ3) is 7.79. The first-order valence-electron chi connectivity index (χ1n) is 7.93. The molecule has 2 aliphatic carbocycles. The SMILES string of the molecule is CS(=O)(=O)NN=C1C=CC(=NNS(C)(=O)=O)CCc2ccc(cc2)CC1. The number of hydrazone groups is 2.